The van der Waals surface area contributed by atoms with E-state index in [2.05, 4.69) is 15.0 Å². The number of methoxy groups -OCH3 is 1. The van der Waals surface area contributed by atoms with Gasteiger partial charge >= 0.3 is 11.1 Å². The second kappa shape index (κ2) is 7.07. The first-order chi connectivity index (χ1) is 14.1. The molecule has 0 amide bonds. The fourth-order valence-corrected chi connectivity index (χ4v) is 4.35. The van der Waals surface area contributed by atoms with Gasteiger partial charge in [0.1, 0.15) is 12.2 Å². The number of rotatable bonds is 5. The molecule has 1 atom stereocenters. The second-order valence-corrected chi connectivity index (χ2v) is 8.34. The number of hydrogen-bond acceptors (Lipinski definition) is 7. The Morgan fingerprint density at radius 2 is 2.14 bits per heavy atom. The maximum Gasteiger partial charge on any atom is 0.332 e. The van der Waals surface area contributed by atoms with E-state index >= 15 is 0 Å². The van der Waals surface area contributed by atoms with E-state index in [1.807, 2.05) is 12.1 Å². The van der Waals surface area contributed by atoms with E-state index in [1.54, 1.807) is 13.3 Å². The molecule has 5 rings (SSSR count). The Hall–Kier alpha value is -2.52. The summed E-state index contributed by atoms with van der Waals surface area (Å²) in [5, 5.41) is 4.42. The van der Waals surface area contributed by atoms with Crippen LogP contribution in [0.2, 0.25) is 0 Å². The molecule has 9 heteroatoms. The SMILES string of the molecule is COc1ncccc1CN1CCC2(C1)Cn1c(nn(CC3CC3)c(=O)c1=O)CO2. The third kappa shape index (κ3) is 3.49. The van der Waals surface area contributed by atoms with E-state index in [-0.39, 0.29) is 6.61 Å². The predicted octanol–water partition coefficient (Wildman–Crippen LogP) is 0.394. The van der Waals surface area contributed by atoms with Gasteiger partial charge in [0.15, 0.2) is 5.82 Å². The van der Waals surface area contributed by atoms with E-state index in [4.69, 9.17) is 9.47 Å². The topological polar surface area (TPSA) is 91.5 Å². The van der Waals surface area contributed by atoms with Gasteiger partial charge < -0.3 is 9.47 Å². The Kier molecular flexibility index (Phi) is 4.51. The van der Waals surface area contributed by atoms with Gasteiger partial charge in [-0.25, -0.2) is 9.67 Å². The van der Waals surface area contributed by atoms with Crippen LogP contribution in [0.25, 0.3) is 0 Å². The van der Waals surface area contributed by atoms with Gasteiger partial charge in [0.2, 0.25) is 5.88 Å². The highest BCUT2D eigenvalue weighted by atomic mass is 16.5. The average molecular weight is 399 g/mol. The van der Waals surface area contributed by atoms with Crippen LogP contribution < -0.4 is 15.9 Å². The highest BCUT2D eigenvalue weighted by Crippen LogP contribution is 2.33. The molecule has 1 spiro atoms. The van der Waals surface area contributed by atoms with Gasteiger partial charge in [0.25, 0.3) is 0 Å². The highest BCUT2D eigenvalue weighted by molar-refractivity contribution is 5.25. The minimum Gasteiger partial charge on any atom is -0.481 e. The number of ether oxygens (including phenoxy) is 2. The number of fused-ring (bicyclic) bond motifs is 1. The molecular formula is C20H25N5O4. The zero-order chi connectivity index (χ0) is 20.0. The van der Waals surface area contributed by atoms with Crippen LogP contribution >= 0.6 is 0 Å². The summed E-state index contributed by atoms with van der Waals surface area (Å²) in [5.74, 6) is 1.65. The Morgan fingerprint density at radius 3 is 2.93 bits per heavy atom. The second-order valence-electron chi connectivity index (χ2n) is 8.34. The molecule has 3 aliphatic rings. The molecule has 1 unspecified atom stereocenters. The van der Waals surface area contributed by atoms with Gasteiger partial charge in [-0.2, -0.15) is 5.10 Å². The fraction of sp³-hybridized carbons (Fsp3) is 0.600. The third-order valence-electron chi connectivity index (χ3n) is 6.12. The van der Waals surface area contributed by atoms with Gasteiger partial charge in [-0.3, -0.25) is 19.1 Å². The van der Waals surface area contributed by atoms with Crippen LogP contribution in [0.4, 0.5) is 0 Å². The lowest BCUT2D eigenvalue weighted by molar-refractivity contribution is -0.0859. The minimum absolute atomic E-state index is 0.254. The van der Waals surface area contributed by atoms with Crippen molar-refractivity contribution in [1.29, 1.82) is 0 Å². The summed E-state index contributed by atoms with van der Waals surface area (Å²) in [7, 11) is 1.62. The van der Waals surface area contributed by atoms with Crippen molar-refractivity contribution in [3.05, 3.63) is 50.4 Å². The van der Waals surface area contributed by atoms with Crippen LogP contribution in [0.5, 0.6) is 5.88 Å². The van der Waals surface area contributed by atoms with Crippen LogP contribution in [-0.4, -0.2) is 50.0 Å². The normalized spacial score (nSPS) is 24.0. The van der Waals surface area contributed by atoms with E-state index in [0.29, 0.717) is 43.8 Å². The first-order valence-corrected chi connectivity index (χ1v) is 10.1. The molecule has 0 N–H and O–H groups in total. The first kappa shape index (κ1) is 18.5. The zero-order valence-electron chi connectivity index (χ0n) is 16.5. The molecule has 29 heavy (non-hydrogen) atoms. The van der Waals surface area contributed by atoms with Gasteiger partial charge in [-0.05, 0) is 31.2 Å². The summed E-state index contributed by atoms with van der Waals surface area (Å²) in [6.07, 6.45) is 4.71. The fourth-order valence-electron chi connectivity index (χ4n) is 4.35. The van der Waals surface area contributed by atoms with E-state index in [1.165, 1.54) is 9.25 Å². The van der Waals surface area contributed by atoms with Gasteiger partial charge in [-0.15, -0.1) is 0 Å². The summed E-state index contributed by atoms with van der Waals surface area (Å²) in [5.41, 5.74) is -0.452. The molecule has 1 saturated heterocycles. The summed E-state index contributed by atoms with van der Waals surface area (Å²) < 4.78 is 14.4. The lowest BCUT2D eigenvalue weighted by atomic mass is 10.0. The quantitative estimate of drug-likeness (QED) is 0.672. The average Bonchev–Trinajstić information content (AvgIpc) is 3.47. The molecule has 1 saturated carbocycles. The lowest BCUT2D eigenvalue weighted by Crippen LogP contribution is -2.53. The summed E-state index contributed by atoms with van der Waals surface area (Å²) in [6, 6.07) is 3.90. The molecule has 2 fully saturated rings. The van der Waals surface area contributed by atoms with Crippen molar-refractivity contribution in [3.63, 3.8) is 0 Å². The van der Waals surface area contributed by atoms with E-state index in [9.17, 15) is 9.59 Å². The maximum absolute atomic E-state index is 12.7. The third-order valence-corrected chi connectivity index (χ3v) is 6.12. The molecule has 0 radical (unpaired) electrons. The van der Waals surface area contributed by atoms with E-state index in [0.717, 1.165) is 31.4 Å². The molecular weight excluding hydrogens is 374 g/mol. The molecule has 9 nitrogen and oxygen atoms in total. The smallest absolute Gasteiger partial charge is 0.332 e. The zero-order valence-corrected chi connectivity index (χ0v) is 16.5. The number of hydrogen-bond donors (Lipinski definition) is 0. The van der Waals surface area contributed by atoms with E-state index < -0.39 is 16.7 Å². The Bertz CT molecular complexity index is 1040. The van der Waals surface area contributed by atoms with Crippen LogP contribution in [0.3, 0.4) is 0 Å². The standard InChI is InChI=1S/C20H25N5O4/c1-28-17-15(3-2-7-21-17)10-23-8-6-20(12-23)13-24-16(11-29-20)22-25(9-14-4-5-14)19(27)18(24)26/h2-3,7,14H,4-6,8-13H2,1H3. The van der Waals surface area contributed by atoms with Crippen LogP contribution in [0.1, 0.15) is 30.7 Å². The van der Waals surface area contributed by atoms with Crippen molar-refractivity contribution in [1.82, 2.24) is 24.2 Å². The van der Waals surface area contributed by atoms with Gasteiger partial charge in [0, 0.05) is 37.9 Å². The summed E-state index contributed by atoms with van der Waals surface area (Å²) in [6.45, 7) is 3.38. The molecule has 1 aliphatic carbocycles. The molecule has 154 valence electrons. The number of likely N-dealkylation sites (tertiary alicyclic amines) is 1. The van der Waals surface area contributed by atoms with Crippen LogP contribution in [-0.2, 0) is 31.0 Å². The molecule has 2 aliphatic heterocycles. The highest BCUT2D eigenvalue weighted by Gasteiger charge is 2.43. The van der Waals surface area contributed by atoms with Crippen molar-refractivity contribution in [2.45, 2.75) is 51.1 Å². The number of aromatic nitrogens is 4. The molecule has 2 aromatic rings. The van der Waals surface area contributed by atoms with Crippen LogP contribution in [0, 0.1) is 5.92 Å². The minimum atomic E-state index is -0.521. The molecule has 0 bridgehead atoms. The predicted molar refractivity (Wildman–Crippen MR) is 104 cm³/mol. The number of pyridine rings is 1. The largest absolute Gasteiger partial charge is 0.481 e. The van der Waals surface area contributed by atoms with Crippen molar-refractivity contribution in [3.8, 4) is 5.88 Å². The Balaban J connectivity index is 1.34. The Morgan fingerprint density at radius 1 is 1.28 bits per heavy atom. The van der Waals surface area contributed by atoms with Gasteiger partial charge in [-0.1, -0.05) is 6.07 Å². The molecule has 4 heterocycles. The lowest BCUT2D eigenvalue weighted by Gasteiger charge is -2.35. The number of nitrogens with zero attached hydrogens (tertiary/aromatic N) is 5. The maximum atomic E-state index is 12.7. The van der Waals surface area contributed by atoms with Crippen molar-refractivity contribution in [2.24, 2.45) is 5.92 Å². The van der Waals surface area contributed by atoms with Gasteiger partial charge in [0.05, 0.1) is 13.7 Å². The molecule has 2 aromatic heterocycles. The van der Waals surface area contributed by atoms with Crippen molar-refractivity contribution in [2.75, 3.05) is 20.2 Å². The Labute approximate surface area is 167 Å². The monoisotopic (exact) mass is 399 g/mol. The molecule has 0 aromatic carbocycles. The summed E-state index contributed by atoms with van der Waals surface area (Å²) in [4.78, 5) is 31.7. The van der Waals surface area contributed by atoms with Crippen LogP contribution in [0.15, 0.2) is 27.9 Å². The first-order valence-electron chi connectivity index (χ1n) is 10.1. The van der Waals surface area contributed by atoms with Crippen molar-refractivity contribution < 1.29 is 9.47 Å². The summed E-state index contributed by atoms with van der Waals surface area (Å²) >= 11 is 0. The van der Waals surface area contributed by atoms with Crippen molar-refractivity contribution >= 4 is 0 Å².